The summed E-state index contributed by atoms with van der Waals surface area (Å²) in [5.41, 5.74) is 4.35. The summed E-state index contributed by atoms with van der Waals surface area (Å²) in [6, 6.07) is -1.60. The average Bonchev–Trinajstić information content (AvgIpc) is 2.72. The Labute approximate surface area is 187 Å². The van der Waals surface area contributed by atoms with Crippen molar-refractivity contribution < 1.29 is 84.1 Å². The van der Waals surface area contributed by atoms with Gasteiger partial charge in [-0.25, -0.2) is 0 Å². The Kier molecular flexibility index (Phi) is 7.74. The van der Waals surface area contributed by atoms with Gasteiger partial charge in [0.15, 0.2) is 5.75 Å². The van der Waals surface area contributed by atoms with Crippen LogP contribution in [0.25, 0.3) is 0 Å². The maximum Gasteiger partial charge on any atom is 0.460 e. The SMILES string of the molecule is COc1ccc(OC(F)=C(F)C(F)(F)C(F)(F)C(F)(F)C(F)(F)C(F)(F)C(F)(F)C(F)(F)F)c(N)c1. The van der Waals surface area contributed by atoms with Crippen molar-refractivity contribution in [2.24, 2.45) is 0 Å². The second-order valence-corrected chi connectivity index (χ2v) is 6.54. The van der Waals surface area contributed by atoms with Crippen molar-refractivity contribution in [1.29, 1.82) is 0 Å². The van der Waals surface area contributed by atoms with Gasteiger partial charge in [0.05, 0.1) is 12.8 Å². The number of rotatable bonds is 9. The van der Waals surface area contributed by atoms with Gasteiger partial charge in [0.1, 0.15) is 5.75 Å². The van der Waals surface area contributed by atoms with Crippen molar-refractivity contribution in [1.82, 2.24) is 0 Å². The zero-order valence-electron chi connectivity index (χ0n) is 16.6. The summed E-state index contributed by atoms with van der Waals surface area (Å²) in [5, 5.41) is 0. The van der Waals surface area contributed by atoms with Crippen molar-refractivity contribution in [3.05, 3.63) is 30.0 Å². The van der Waals surface area contributed by atoms with Crippen molar-refractivity contribution in [2.75, 3.05) is 12.8 Å². The number of allylic oxidation sites excluding steroid dienone is 1. The summed E-state index contributed by atoms with van der Waals surface area (Å²) in [5.74, 6) is -55.7. The molecule has 208 valence electrons. The van der Waals surface area contributed by atoms with Crippen LogP contribution in [0.4, 0.5) is 80.3 Å². The minimum absolute atomic E-state index is 0.153. The lowest BCUT2D eigenvalue weighted by Crippen LogP contribution is -2.72. The second kappa shape index (κ2) is 8.93. The molecular weight excluding hydrogens is 561 g/mol. The number of ether oxygens (including phenoxy) is 2. The predicted octanol–water partition coefficient (Wildman–Crippen LogP) is 7.14. The Hall–Kier alpha value is -2.83. The van der Waals surface area contributed by atoms with Crippen molar-refractivity contribution >= 4 is 5.69 Å². The van der Waals surface area contributed by atoms with Crippen LogP contribution in [0.1, 0.15) is 0 Å². The first-order valence-corrected chi connectivity index (χ1v) is 8.26. The summed E-state index contributed by atoms with van der Waals surface area (Å²) < 4.78 is 232. The van der Waals surface area contributed by atoms with Crippen molar-refractivity contribution in [3.8, 4) is 11.5 Å². The lowest BCUT2D eigenvalue weighted by Gasteiger charge is -2.41. The minimum Gasteiger partial charge on any atom is -0.497 e. The third kappa shape index (κ3) is 4.41. The monoisotopic (exact) mass is 569 g/mol. The molecule has 0 spiro atoms. The fourth-order valence-corrected chi connectivity index (χ4v) is 2.12. The molecule has 0 heterocycles. The van der Waals surface area contributed by atoms with Gasteiger partial charge in [-0.2, -0.15) is 74.6 Å². The molecule has 0 atom stereocenters. The van der Waals surface area contributed by atoms with Crippen LogP contribution in [-0.4, -0.2) is 48.8 Å². The molecule has 0 saturated heterocycles. The van der Waals surface area contributed by atoms with Crippen molar-refractivity contribution in [2.45, 2.75) is 41.7 Å². The Morgan fingerprint density at radius 3 is 1.47 bits per heavy atom. The highest BCUT2D eigenvalue weighted by Crippen LogP contribution is 2.63. The molecule has 2 N–H and O–H groups in total. The number of nitrogens with two attached hydrogens (primary N) is 1. The molecule has 20 heteroatoms. The van der Waals surface area contributed by atoms with Gasteiger partial charge in [0.25, 0.3) is 0 Å². The molecule has 0 fully saturated rings. The normalized spacial score (nSPS) is 15.5. The summed E-state index contributed by atoms with van der Waals surface area (Å²) in [6.07, 6.45) is -7.79. The smallest absolute Gasteiger partial charge is 0.460 e. The molecule has 36 heavy (non-hydrogen) atoms. The van der Waals surface area contributed by atoms with E-state index in [0.717, 1.165) is 13.2 Å². The molecule has 1 aromatic rings. The number of alkyl halides is 15. The molecule has 0 aliphatic heterocycles. The summed E-state index contributed by atoms with van der Waals surface area (Å²) in [6.45, 7) is 0. The first-order chi connectivity index (χ1) is 15.8. The maximum atomic E-state index is 13.7. The van der Waals surface area contributed by atoms with Crippen LogP contribution in [-0.2, 0) is 0 Å². The van der Waals surface area contributed by atoms with Crippen LogP contribution in [0.3, 0.4) is 0 Å². The number of benzene rings is 1. The highest BCUT2D eigenvalue weighted by molar-refractivity contribution is 5.56. The van der Waals surface area contributed by atoms with E-state index in [1.807, 2.05) is 0 Å². The number of hydrogen-bond donors (Lipinski definition) is 1. The van der Waals surface area contributed by atoms with Crippen LogP contribution in [0.15, 0.2) is 30.0 Å². The van der Waals surface area contributed by atoms with Gasteiger partial charge in [0.2, 0.25) is 5.83 Å². The molecule has 0 radical (unpaired) electrons. The van der Waals surface area contributed by atoms with Crippen LogP contribution < -0.4 is 15.2 Å². The van der Waals surface area contributed by atoms with Gasteiger partial charge in [-0.1, -0.05) is 0 Å². The Morgan fingerprint density at radius 1 is 0.667 bits per heavy atom. The van der Waals surface area contributed by atoms with E-state index in [2.05, 4.69) is 9.47 Å². The summed E-state index contributed by atoms with van der Waals surface area (Å²) in [4.78, 5) is 0. The highest BCUT2D eigenvalue weighted by Gasteiger charge is 2.93. The van der Waals surface area contributed by atoms with Crippen LogP contribution in [0.5, 0.6) is 11.5 Å². The highest BCUT2D eigenvalue weighted by atomic mass is 19.4. The molecule has 0 bridgehead atoms. The number of nitrogen functional groups attached to an aromatic ring is 1. The molecule has 1 aromatic carbocycles. The average molecular weight is 569 g/mol. The molecule has 0 aliphatic carbocycles. The van der Waals surface area contributed by atoms with Crippen LogP contribution >= 0.6 is 0 Å². The number of methoxy groups -OCH3 is 1. The minimum atomic E-state index is -8.65. The largest absolute Gasteiger partial charge is 0.497 e. The molecule has 0 saturated carbocycles. The van der Waals surface area contributed by atoms with E-state index in [1.165, 1.54) is 0 Å². The molecular formula is C16H8F17NO2. The second-order valence-electron chi connectivity index (χ2n) is 6.54. The molecule has 0 amide bonds. The number of hydrogen-bond acceptors (Lipinski definition) is 3. The van der Waals surface area contributed by atoms with Gasteiger partial charge in [-0.15, -0.1) is 0 Å². The van der Waals surface area contributed by atoms with E-state index in [1.54, 1.807) is 0 Å². The van der Waals surface area contributed by atoms with Gasteiger partial charge in [-0.05, 0) is 12.1 Å². The molecule has 0 aromatic heterocycles. The topological polar surface area (TPSA) is 44.5 Å². The quantitative estimate of drug-likeness (QED) is 0.196. The lowest BCUT2D eigenvalue weighted by atomic mass is 9.91. The molecule has 0 aliphatic rings. The van der Waals surface area contributed by atoms with Gasteiger partial charge >= 0.3 is 47.7 Å². The van der Waals surface area contributed by atoms with E-state index in [9.17, 15) is 74.6 Å². The number of halogens is 17. The predicted molar refractivity (Wildman–Crippen MR) is 83.0 cm³/mol. The fourth-order valence-electron chi connectivity index (χ4n) is 2.12. The lowest BCUT2D eigenvalue weighted by molar-refractivity contribution is -0.451. The zero-order chi connectivity index (χ0) is 28.9. The zero-order valence-corrected chi connectivity index (χ0v) is 16.6. The van der Waals surface area contributed by atoms with Gasteiger partial charge < -0.3 is 15.2 Å². The Balaban J connectivity index is 3.59. The van der Waals surface area contributed by atoms with E-state index in [0.29, 0.717) is 12.1 Å². The molecule has 0 unspecified atom stereocenters. The van der Waals surface area contributed by atoms with E-state index >= 15 is 0 Å². The third-order valence-electron chi connectivity index (χ3n) is 4.19. The summed E-state index contributed by atoms with van der Waals surface area (Å²) >= 11 is 0. The first-order valence-electron chi connectivity index (χ1n) is 8.26. The van der Waals surface area contributed by atoms with E-state index in [-0.39, 0.29) is 5.75 Å². The van der Waals surface area contributed by atoms with Crippen LogP contribution in [0.2, 0.25) is 0 Å². The van der Waals surface area contributed by atoms with Gasteiger partial charge in [0, 0.05) is 6.07 Å². The molecule has 1 rings (SSSR count). The fraction of sp³-hybridized carbons (Fsp3) is 0.500. The number of anilines is 1. The van der Waals surface area contributed by atoms with E-state index < -0.39 is 65.0 Å². The molecule has 3 nitrogen and oxygen atoms in total. The first kappa shape index (κ1) is 31.2. The van der Waals surface area contributed by atoms with Crippen LogP contribution in [0, 0.1) is 0 Å². The third-order valence-corrected chi connectivity index (χ3v) is 4.19. The maximum absolute atomic E-state index is 13.7. The Morgan fingerprint density at radius 2 is 1.08 bits per heavy atom. The summed E-state index contributed by atoms with van der Waals surface area (Å²) in [7, 11) is 1.03. The standard InChI is InChI=1S/C16H8F17NO2/c1-35-5-2-3-7(6(34)4-5)36-9(18)8(17)10(19,20)11(21,22)12(23,24)13(25,26)14(27,28)15(29,30)16(31,32)33/h2-4H,34H2,1H3. The van der Waals surface area contributed by atoms with E-state index in [4.69, 9.17) is 5.73 Å². The Bertz CT molecular complexity index is 999. The van der Waals surface area contributed by atoms with Gasteiger partial charge in [-0.3, -0.25) is 0 Å². The van der Waals surface area contributed by atoms with Crippen molar-refractivity contribution in [3.63, 3.8) is 0 Å².